The Morgan fingerprint density at radius 2 is 2.20 bits per heavy atom. The molecule has 1 aliphatic heterocycles. The highest BCUT2D eigenvalue weighted by atomic mass is 32.1. The van der Waals surface area contributed by atoms with Gasteiger partial charge in [0, 0.05) is 19.5 Å². The number of rotatable bonds is 4. The van der Waals surface area contributed by atoms with E-state index >= 15 is 0 Å². The molecule has 1 saturated heterocycles. The van der Waals surface area contributed by atoms with Gasteiger partial charge in [-0.1, -0.05) is 0 Å². The molecule has 0 bridgehead atoms. The molecule has 1 aliphatic rings. The highest BCUT2D eigenvalue weighted by molar-refractivity contribution is 7.19. The van der Waals surface area contributed by atoms with E-state index in [1.54, 1.807) is 0 Å². The molecule has 6 nitrogen and oxygen atoms in total. The van der Waals surface area contributed by atoms with Crippen LogP contribution in [-0.2, 0) is 4.74 Å². The number of carbonyl (C=O) groups is 2. The normalized spacial score (nSPS) is 19.1. The Morgan fingerprint density at radius 1 is 1.50 bits per heavy atom. The van der Waals surface area contributed by atoms with Crippen LogP contribution in [0.15, 0.2) is 0 Å². The Balaban J connectivity index is 2.33. The Hall–Kier alpha value is -1.60. The lowest BCUT2D eigenvalue weighted by Gasteiger charge is -2.13. The van der Waals surface area contributed by atoms with Crippen LogP contribution >= 0.6 is 11.3 Å². The Kier molecular flexibility index (Phi) is 4.29. The first kappa shape index (κ1) is 14.8. The second-order valence-electron chi connectivity index (χ2n) is 4.99. The molecule has 110 valence electrons. The van der Waals surface area contributed by atoms with E-state index in [4.69, 9.17) is 10.5 Å². The summed E-state index contributed by atoms with van der Waals surface area (Å²) in [7, 11) is 3.35. The second-order valence-corrected chi connectivity index (χ2v) is 6.01. The van der Waals surface area contributed by atoms with E-state index in [0.717, 1.165) is 19.5 Å². The van der Waals surface area contributed by atoms with Crippen molar-refractivity contribution in [3.63, 3.8) is 0 Å². The Bertz CT molecular complexity index is 541. The summed E-state index contributed by atoms with van der Waals surface area (Å²) >= 11 is 1.22. The summed E-state index contributed by atoms with van der Waals surface area (Å²) in [6.45, 7) is 3.34. The van der Waals surface area contributed by atoms with Crippen LogP contribution < -0.4 is 11.1 Å². The first-order chi connectivity index (χ1) is 9.43. The number of ether oxygens (including phenoxy) is 1. The number of nitrogens with one attached hydrogen (secondary N) is 1. The minimum Gasteiger partial charge on any atom is -0.465 e. The number of nitrogens with two attached hydrogens (primary N) is 1. The summed E-state index contributed by atoms with van der Waals surface area (Å²) in [4.78, 5) is 26.1. The van der Waals surface area contributed by atoms with Crippen molar-refractivity contribution in [1.29, 1.82) is 0 Å². The van der Waals surface area contributed by atoms with Gasteiger partial charge in [0.2, 0.25) is 0 Å². The molecule has 2 rings (SSSR count). The highest BCUT2D eigenvalue weighted by Crippen LogP contribution is 2.37. The molecule has 7 heteroatoms. The van der Waals surface area contributed by atoms with Crippen LogP contribution in [-0.4, -0.2) is 49.9 Å². The molecule has 0 spiro atoms. The summed E-state index contributed by atoms with van der Waals surface area (Å²) in [6, 6.07) is 0.251. The van der Waals surface area contributed by atoms with E-state index < -0.39 is 5.97 Å². The van der Waals surface area contributed by atoms with Crippen LogP contribution in [0.3, 0.4) is 0 Å². The third kappa shape index (κ3) is 2.78. The monoisotopic (exact) mass is 297 g/mol. The quantitative estimate of drug-likeness (QED) is 0.646. The lowest BCUT2D eigenvalue weighted by atomic mass is 10.2. The van der Waals surface area contributed by atoms with Gasteiger partial charge in [-0.3, -0.25) is 4.79 Å². The largest absolute Gasteiger partial charge is 0.465 e. The van der Waals surface area contributed by atoms with Crippen molar-refractivity contribution < 1.29 is 14.3 Å². The minimum absolute atomic E-state index is 0.144. The number of ketones is 1. The molecule has 0 radical (unpaired) electrons. The smallest absolute Gasteiger partial charge is 0.343 e. The molecule has 0 saturated carbocycles. The molecule has 3 N–H and O–H groups in total. The average Bonchev–Trinajstić information content (AvgIpc) is 2.93. The second kappa shape index (κ2) is 5.80. The van der Waals surface area contributed by atoms with Crippen LogP contribution in [0.25, 0.3) is 0 Å². The molecule has 0 aromatic carbocycles. The van der Waals surface area contributed by atoms with Gasteiger partial charge in [0.05, 0.1) is 17.7 Å². The zero-order valence-corrected chi connectivity index (χ0v) is 12.7. The van der Waals surface area contributed by atoms with Gasteiger partial charge < -0.3 is 20.7 Å². The number of likely N-dealkylation sites (tertiary alicyclic amines) is 1. The lowest BCUT2D eigenvalue weighted by Crippen LogP contribution is -2.24. The summed E-state index contributed by atoms with van der Waals surface area (Å²) in [6.07, 6.45) is 0.990. The summed E-state index contributed by atoms with van der Waals surface area (Å²) in [5.74, 6) is -0.658. The van der Waals surface area contributed by atoms with E-state index in [1.807, 2.05) is 7.05 Å². The fraction of sp³-hybridized carbons (Fsp3) is 0.538. The molecule has 0 amide bonds. The number of hydrogen-bond donors (Lipinski definition) is 2. The maximum absolute atomic E-state index is 11.9. The average molecular weight is 297 g/mol. The van der Waals surface area contributed by atoms with Crippen LogP contribution in [0, 0.1) is 0 Å². The first-order valence-corrected chi connectivity index (χ1v) is 7.22. The molecule has 1 aromatic heterocycles. The first-order valence-electron chi connectivity index (χ1n) is 6.40. The molecule has 1 fully saturated rings. The van der Waals surface area contributed by atoms with E-state index in [2.05, 4.69) is 10.2 Å². The van der Waals surface area contributed by atoms with Gasteiger partial charge in [0.25, 0.3) is 0 Å². The van der Waals surface area contributed by atoms with Crippen molar-refractivity contribution >= 4 is 33.8 Å². The maximum Gasteiger partial charge on any atom is 0.343 e. The fourth-order valence-corrected chi connectivity index (χ4v) is 3.43. The predicted molar refractivity (Wildman–Crippen MR) is 79.6 cm³/mol. The molecule has 0 aliphatic carbocycles. The summed E-state index contributed by atoms with van der Waals surface area (Å²) in [5.41, 5.74) is 6.41. The zero-order valence-electron chi connectivity index (χ0n) is 11.9. The van der Waals surface area contributed by atoms with Gasteiger partial charge in [0.1, 0.15) is 10.6 Å². The van der Waals surface area contributed by atoms with Gasteiger partial charge >= 0.3 is 5.97 Å². The van der Waals surface area contributed by atoms with Gasteiger partial charge in [-0.05, 0) is 20.0 Å². The molecular weight excluding hydrogens is 278 g/mol. The third-order valence-electron chi connectivity index (χ3n) is 3.38. The van der Waals surface area contributed by atoms with Crippen LogP contribution in [0.2, 0.25) is 0 Å². The number of thiophene rings is 1. The predicted octanol–water partition coefficient (Wildman–Crippen LogP) is 1.44. The van der Waals surface area contributed by atoms with Crippen LogP contribution in [0.5, 0.6) is 0 Å². The molecule has 20 heavy (non-hydrogen) atoms. The van der Waals surface area contributed by atoms with Gasteiger partial charge in [-0.25, -0.2) is 4.79 Å². The number of carbonyl (C=O) groups excluding carboxylic acids is 2. The number of nitrogens with zero attached hydrogens (tertiary/aromatic N) is 1. The fourth-order valence-electron chi connectivity index (χ4n) is 2.35. The van der Waals surface area contributed by atoms with Gasteiger partial charge in [0.15, 0.2) is 5.78 Å². The topological polar surface area (TPSA) is 84.7 Å². The van der Waals surface area contributed by atoms with Crippen molar-refractivity contribution in [3.05, 3.63) is 10.4 Å². The van der Waals surface area contributed by atoms with Crippen molar-refractivity contribution in [1.82, 2.24) is 4.90 Å². The number of methoxy groups -OCH3 is 1. The number of hydrogen-bond acceptors (Lipinski definition) is 7. The number of esters is 1. The van der Waals surface area contributed by atoms with E-state index in [0.29, 0.717) is 9.88 Å². The number of anilines is 2. The Morgan fingerprint density at radius 3 is 2.70 bits per heavy atom. The number of likely N-dealkylation sites (N-methyl/N-ethyl adjacent to an activating group) is 1. The lowest BCUT2D eigenvalue weighted by molar-refractivity contribution is 0.0603. The molecule has 1 unspecified atom stereocenters. The maximum atomic E-state index is 11.9. The van der Waals surface area contributed by atoms with E-state index in [9.17, 15) is 9.59 Å². The van der Waals surface area contributed by atoms with E-state index in [1.165, 1.54) is 25.4 Å². The standard InChI is InChI=1S/C13H19N3O3S/c1-7(17)11-10(14)9(13(18)19-3)12(20-11)15-8-4-5-16(2)6-8/h8,15H,4-6,14H2,1-3H3. The number of nitrogen functional groups attached to an aromatic ring is 1. The molecular formula is C13H19N3O3S. The van der Waals surface area contributed by atoms with Gasteiger partial charge in [-0.2, -0.15) is 0 Å². The van der Waals surface area contributed by atoms with Crippen molar-refractivity contribution in [2.24, 2.45) is 0 Å². The van der Waals surface area contributed by atoms with E-state index in [-0.39, 0.29) is 23.1 Å². The van der Waals surface area contributed by atoms with Crippen molar-refractivity contribution in [2.45, 2.75) is 19.4 Å². The minimum atomic E-state index is -0.514. The molecule has 1 aromatic rings. The van der Waals surface area contributed by atoms with Crippen LogP contribution in [0.4, 0.5) is 10.7 Å². The third-order valence-corrected chi connectivity index (χ3v) is 4.62. The van der Waals surface area contributed by atoms with Gasteiger partial charge in [-0.15, -0.1) is 11.3 Å². The SMILES string of the molecule is COC(=O)c1c(NC2CCN(C)C2)sc(C(C)=O)c1N. The summed E-state index contributed by atoms with van der Waals surface area (Å²) < 4.78 is 4.76. The Labute approximate surface area is 121 Å². The van der Waals surface area contributed by atoms with Crippen molar-refractivity contribution in [3.8, 4) is 0 Å². The van der Waals surface area contributed by atoms with Crippen molar-refractivity contribution in [2.75, 3.05) is 38.3 Å². The van der Waals surface area contributed by atoms with Crippen LogP contribution in [0.1, 0.15) is 33.4 Å². The summed E-state index contributed by atoms with van der Waals surface area (Å²) in [5, 5.41) is 3.94. The number of Topliss-reactive ketones (excluding diaryl/α,β-unsaturated/α-hetero) is 1. The molecule has 2 heterocycles. The zero-order chi connectivity index (χ0) is 14.9. The highest BCUT2D eigenvalue weighted by Gasteiger charge is 2.27. The molecule has 1 atom stereocenters.